The fourth-order valence-electron chi connectivity index (χ4n) is 2.42. The highest BCUT2D eigenvalue weighted by Crippen LogP contribution is 2.31. The van der Waals surface area contributed by atoms with Crippen LogP contribution >= 0.6 is 0 Å². The van der Waals surface area contributed by atoms with Crippen LogP contribution in [0, 0.1) is 5.92 Å². The molecule has 1 fully saturated rings. The minimum atomic E-state index is 0.135. The molecule has 0 atom stereocenters. The number of nitrogens with two attached hydrogens (primary N) is 1. The molecule has 1 aliphatic carbocycles. The minimum Gasteiger partial charge on any atom is -0.326 e. The number of nitrogens with zero attached hydrogens (tertiary/aromatic N) is 1. The Balaban J connectivity index is 2.43. The van der Waals surface area contributed by atoms with Crippen LogP contribution < -0.4 is 11.3 Å². The highest BCUT2D eigenvalue weighted by molar-refractivity contribution is 5.18. The summed E-state index contributed by atoms with van der Waals surface area (Å²) in [5, 5.41) is 0. The fraction of sp³-hybridized carbons (Fsp3) is 0.643. The molecule has 0 amide bonds. The first kappa shape index (κ1) is 12.4. The molecule has 0 unspecified atom stereocenters. The number of pyridine rings is 1. The van der Waals surface area contributed by atoms with Gasteiger partial charge in [-0.05, 0) is 37.7 Å². The Hall–Kier alpha value is -1.09. The molecule has 0 spiro atoms. The van der Waals surface area contributed by atoms with E-state index in [-0.39, 0.29) is 5.56 Å². The number of hydrogen-bond donors (Lipinski definition) is 1. The second-order valence-electron chi connectivity index (χ2n) is 5.41. The van der Waals surface area contributed by atoms with Crippen LogP contribution in [0.3, 0.4) is 0 Å². The zero-order chi connectivity index (χ0) is 12.4. The maximum absolute atomic E-state index is 12.3. The average Bonchev–Trinajstić information content (AvgIpc) is 2.20. The van der Waals surface area contributed by atoms with Gasteiger partial charge < -0.3 is 10.3 Å². The number of aromatic nitrogens is 1. The van der Waals surface area contributed by atoms with Crippen LogP contribution in [0.5, 0.6) is 0 Å². The van der Waals surface area contributed by atoms with Gasteiger partial charge in [0, 0.05) is 23.8 Å². The number of rotatable bonds is 4. The van der Waals surface area contributed by atoms with Crippen molar-refractivity contribution in [3.8, 4) is 0 Å². The summed E-state index contributed by atoms with van der Waals surface area (Å²) in [5.74, 6) is 0.574. The van der Waals surface area contributed by atoms with Gasteiger partial charge in [0.15, 0.2) is 0 Å². The van der Waals surface area contributed by atoms with Crippen molar-refractivity contribution in [1.29, 1.82) is 0 Å². The van der Waals surface area contributed by atoms with E-state index in [9.17, 15) is 4.79 Å². The summed E-state index contributed by atoms with van der Waals surface area (Å²) < 4.78 is 2.01. The standard InChI is InChI=1S/C14H22N2O/c1-10(2)8-13-7-6-11(9-15)14(17)16(13)12-4-3-5-12/h6-7,10,12H,3-5,8-9,15H2,1-2H3. The van der Waals surface area contributed by atoms with E-state index < -0.39 is 0 Å². The molecule has 0 saturated heterocycles. The molecule has 0 aliphatic heterocycles. The third kappa shape index (κ3) is 2.44. The van der Waals surface area contributed by atoms with Gasteiger partial charge >= 0.3 is 0 Å². The molecule has 94 valence electrons. The third-order valence-corrected chi connectivity index (χ3v) is 3.56. The summed E-state index contributed by atoms with van der Waals surface area (Å²) in [6.07, 6.45) is 4.49. The van der Waals surface area contributed by atoms with Crippen molar-refractivity contribution in [3.63, 3.8) is 0 Å². The van der Waals surface area contributed by atoms with Gasteiger partial charge in [0.25, 0.3) is 5.56 Å². The molecule has 3 nitrogen and oxygen atoms in total. The summed E-state index contributed by atoms with van der Waals surface area (Å²) in [7, 11) is 0. The van der Waals surface area contributed by atoms with Gasteiger partial charge in [0.2, 0.25) is 0 Å². The fourth-order valence-corrected chi connectivity index (χ4v) is 2.42. The van der Waals surface area contributed by atoms with Crippen molar-refractivity contribution in [1.82, 2.24) is 4.57 Å². The second kappa shape index (κ2) is 5.05. The number of hydrogen-bond acceptors (Lipinski definition) is 2. The Morgan fingerprint density at radius 3 is 2.59 bits per heavy atom. The zero-order valence-electron chi connectivity index (χ0n) is 10.8. The van der Waals surface area contributed by atoms with Gasteiger partial charge in [-0.3, -0.25) is 4.79 Å². The quantitative estimate of drug-likeness (QED) is 0.868. The van der Waals surface area contributed by atoms with Gasteiger partial charge in [-0.2, -0.15) is 0 Å². The van der Waals surface area contributed by atoms with Crippen LogP contribution in [0.4, 0.5) is 0 Å². The zero-order valence-corrected chi connectivity index (χ0v) is 10.8. The normalized spacial score (nSPS) is 16.2. The van der Waals surface area contributed by atoms with E-state index in [0.717, 1.165) is 24.8 Å². The lowest BCUT2D eigenvalue weighted by atomic mass is 9.91. The maximum atomic E-state index is 12.3. The van der Waals surface area contributed by atoms with Crippen LogP contribution in [-0.4, -0.2) is 4.57 Å². The molecule has 1 saturated carbocycles. The van der Waals surface area contributed by atoms with Crippen LogP contribution in [-0.2, 0) is 13.0 Å². The lowest BCUT2D eigenvalue weighted by molar-refractivity contribution is 0.295. The molecule has 1 aromatic rings. The molecule has 17 heavy (non-hydrogen) atoms. The topological polar surface area (TPSA) is 48.0 Å². The van der Waals surface area contributed by atoms with Crippen LogP contribution in [0.15, 0.2) is 16.9 Å². The van der Waals surface area contributed by atoms with E-state index in [1.807, 2.05) is 10.6 Å². The van der Waals surface area contributed by atoms with E-state index in [0.29, 0.717) is 18.5 Å². The van der Waals surface area contributed by atoms with E-state index >= 15 is 0 Å². The lowest BCUT2D eigenvalue weighted by Gasteiger charge is -2.31. The highest BCUT2D eigenvalue weighted by Gasteiger charge is 2.23. The molecule has 0 aromatic carbocycles. The summed E-state index contributed by atoms with van der Waals surface area (Å²) in [5.41, 5.74) is 7.66. The van der Waals surface area contributed by atoms with E-state index in [1.54, 1.807) is 0 Å². The van der Waals surface area contributed by atoms with Gasteiger partial charge in [0.1, 0.15) is 0 Å². The molecule has 1 aromatic heterocycles. The molecule has 2 rings (SSSR count). The first-order chi connectivity index (χ1) is 8.13. The molecule has 0 radical (unpaired) electrons. The predicted octanol–water partition coefficient (Wildman–Crippen LogP) is 2.23. The average molecular weight is 234 g/mol. The van der Waals surface area contributed by atoms with Crippen molar-refractivity contribution >= 4 is 0 Å². The van der Waals surface area contributed by atoms with E-state index in [2.05, 4.69) is 19.9 Å². The molecule has 1 heterocycles. The van der Waals surface area contributed by atoms with Crippen LogP contribution in [0.2, 0.25) is 0 Å². The maximum Gasteiger partial charge on any atom is 0.255 e. The molecule has 2 N–H and O–H groups in total. The van der Waals surface area contributed by atoms with Gasteiger partial charge in [-0.15, -0.1) is 0 Å². The Bertz CT molecular complexity index is 444. The molecule has 3 heteroatoms. The van der Waals surface area contributed by atoms with Gasteiger partial charge in [0.05, 0.1) is 0 Å². The summed E-state index contributed by atoms with van der Waals surface area (Å²) >= 11 is 0. The molecular weight excluding hydrogens is 212 g/mol. The van der Waals surface area contributed by atoms with Crippen molar-refractivity contribution in [2.45, 2.75) is 52.1 Å². The van der Waals surface area contributed by atoms with E-state index in [1.165, 1.54) is 12.1 Å². The smallest absolute Gasteiger partial charge is 0.255 e. The Morgan fingerprint density at radius 2 is 2.12 bits per heavy atom. The van der Waals surface area contributed by atoms with Crippen molar-refractivity contribution in [2.24, 2.45) is 11.7 Å². The summed E-state index contributed by atoms with van der Waals surface area (Å²) in [6, 6.07) is 4.40. The first-order valence-corrected chi connectivity index (χ1v) is 6.57. The Labute approximate surface area is 103 Å². The summed E-state index contributed by atoms with van der Waals surface area (Å²) in [4.78, 5) is 12.3. The third-order valence-electron chi connectivity index (χ3n) is 3.56. The highest BCUT2D eigenvalue weighted by atomic mass is 16.1. The minimum absolute atomic E-state index is 0.135. The lowest BCUT2D eigenvalue weighted by Crippen LogP contribution is -2.34. The monoisotopic (exact) mass is 234 g/mol. The predicted molar refractivity (Wildman–Crippen MR) is 70.0 cm³/mol. The Morgan fingerprint density at radius 1 is 1.41 bits per heavy atom. The largest absolute Gasteiger partial charge is 0.326 e. The Kier molecular flexibility index (Phi) is 3.67. The van der Waals surface area contributed by atoms with Gasteiger partial charge in [-0.25, -0.2) is 0 Å². The van der Waals surface area contributed by atoms with E-state index in [4.69, 9.17) is 5.73 Å². The van der Waals surface area contributed by atoms with Crippen LogP contribution in [0.25, 0.3) is 0 Å². The summed E-state index contributed by atoms with van der Waals surface area (Å²) in [6.45, 7) is 4.71. The van der Waals surface area contributed by atoms with Crippen molar-refractivity contribution in [2.75, 3.05) is 0 Å². The SMILES string of the molecule is CC(C)Cc1ccc(CN)c(=O)n1C1CCC1. The van der Waals surface area contributed by atoms with Crippen molar-refractivity contribution in [3.05, 3.63) is 33.7 Å². The van der Waals surface area contributed by atoms with Gasteiger partial charge in [-0.1, -0.05) is 19.9 Å². The molecule has 1 aliphatic rings. The molecule has 0 bridgehead atoms. The second-order valence-corrected chi connectivity index (χ2v) is 5.41. The van der Waals surface area contributed by atoms with Crippen molar-refractivity contribution < 1.29 is 0 Å². The van der Waals surface area contributed by atoms with Crippen LogP contribution in [0.1, 0.15) is 50.4 Å². The molecular formula is C14H22N2O. The first-order valence-electron chi connectivity index (χ1n) is 6.57.